The van der Waals surface area contributed by atoms with E-state index in [0.29, 0.717) is 5.78 Å². The fourth-order valence-corrected chi connectivity index (χ4v) is 2.02. The van der Waals surface area contributed by atoms with Crippen molar-refractivity contribution in [2.75, 3.05) is 6.54 Å². The molecule has 0 spiro atoms. The highest BCUT2D eigenvalue weighted by Crippen LogP contribution is 2.09. The summed E-state index contributed by atoms with van der Waals surface area (Å²) in [4.78, 5) is 32.8. The lowest BCUT2D eigenvalue weighted by molar-refractivity contribution is -0.138. The van der Waals surface area contributed by atoms with E-state index < -0.39 is 18.4 Å². The van der Waals surface area contributed by atoms with Gasteiger partial charge in [-0.25, -0.2) is 9.50 Å². The quantitative estimate of drug-likeness (QED) is 0.888. The fourth-order valence-electron chi connectivity index (χ4n) is 2.02. The molecule has 2 aromatic rings. The van der Waals surface area contributed by atoms with E-state index in [4.69, 9.17) is 5.11 Å². The summed E-state index contributed by atoms with van der Waals surface area (Å²) >= 11 is 0. The summed E-state index contributed by atoms with van der Waals surface area (Å²) in [5.41, 5.74) is 1.58. The molecule has 0 aliphatic rings. The molecule has 0 saturated heterocycles. The number of fused-ring (bicyclic) bond motifs is 1. The third-order valence-corrected chi connectivity index (χ3v) is 3.00. The normalized spacial score (nSPS) is 11.1. The Morgan fingerprint density at radius 1 is 1.33 bits per heavy atom. The number of nitrogens with zero attached hydrogens (tertiary/aromatic N) is 5. The average Bonchev–Trinajstić information content (AvgIpc) is 2.78. The van der Waals surface area contributed by atoms with Crippen molar-refractivity contribution in [3.8, 4) is 0 Å². The number of carboxylic acid groups (broad SMARTS) is 1. The summed E-state index contributed by atoms with van der Waals surface area (Å²) in [5, 5.41) is 13.0. The number of amides is 1. The Kier molecular flexibility index (Phi) is 3.88. The summed E-state index contributed by atoms with van der Waals surface area (Å²) in [6.45, 7) is 6.75. The summed E-state index contributed by atoms with van der Waals surface area (Å²) in [7, 11) is 0. The van der Waals surface area contributed by atoms with Crippen LogP contribution in [0, 0.1) is 13.8 Å². The molecule has 0 aromatic carbocycles. The van der Waals surface area contributed by atoms with Crippen molar-refractivity contribution < 1.29 is 14.7 Å². The minimum absolute atomic E-state index is 0.0499. The Labute approximate surface area is 121 Å². The Morgan fingerprint density at radius 3 is 2.57 bits per heavy atom. The van der Waals surface area contributed by atoms with Crippen molar-refractivity contribution in [3.05, 3.63) is 23.3 Å². The lowest BCUT2D eigenvalue weighted by atomic mass is 10.3. The molecule has 0 fully saturated rings. The standard InChI is InChI=1S/C13H17N5O3/c1-7(2)17(6-10(19)20)12(21)11-15-13-14-8(3)5-9(4)18(13)16-11/h5,7H,6H2,1-4H3,(H,19,20). The summed E-state index contributed by atoms with van der Waals surface area (Å²) < 4.78 is 1.47. The number of aliphatic carboxylic acids is 1. The third-order valence-electron chi connectivity index (χ3n) is 3.00. The van der Waals surface area contributed by atoms with Crippen molar-refractivity contribution in [3.63, 3.8) is 0 Å². The molecular formula is C13H17N5O3. The van der Waals surface area contributed by atoms with Crippen LogP contribution in [-0.2, 0) is 4.79 Å². The molecule has 2 rings (SSSR count). The van der Waals surface area contributed by atoms with Crippen LogP contribution in [0.3, 0.4) is 0 Å². The predicted molar refractivity (Wildman–Crippen MR) is 74.1 cm³/mol. The molecule has 1 N–H and O–H groups in total. The van der Waals surface area contributed by atoms with Gasteiger partial charge >= 0.3 is 5.97 Å². The highest BCUT2D eigenvalue weighted by atomic mass is 16.4. The van der Waals surface area contributed by atoms with Crippen molar-refractivity contribution in [2.45, 2.75) is 33.7 Å². The number of carbonyl (C=O) groups excluding carboxylic acids is 1. The molecule has 2 heterocycles. The van der Waals surface area contributed by atoms with Crippen LogP contribution in [0.2, 0.25) is 0 Å². The minimum atomic E-state index is -1.08. The largest absolute Gasteiger partial charge is 0.480 e. The van der Waals surface area contributed by atoms with Gasteiger partial charge in [0.15, 0.2) is 0 Å². The van der Waals surface area contributed by atoms with Crippen molar-refractivity contribution >= 4 is 17.7 Å². The summed E-state index contributed by atoms with van der Waals surface area (Å²) in [6.07, 6.45) is 0. The highest BCUT2D eigenvalue weighted by molar-refractivity contribution is 5.93. The molecule has 112 valence electrons. The molecule has 2 aromatic heterocycles. The molecule has 0 aliphatic carbocycles. The van der Waals surface area contributed by atoms with E-state index in [9.17, 15) is 9.59 Å². The van der Waals surface area contributed by atoms with Crippen LogP contribution in [0.5, 0.6) is 0 Å². The number of rotatable bonds is 4. The van der Waals surface area contributed by atoms with Gasteiger partial charge in [-0.2, -0.15) is 4.98 Å². The lowest BCUT2D eigenvalue weighted by Gasteiger charge is -2.23. The number of carboxylic acids is 1. The van der Waals surface area contributed by atoms with Crippen LogP contribution < -0.4 is 0 Å². The van der Waals surface area contributed by atoms with Crippen LogP contribution >= 0.6 is 0 Å². The number of hydrogen-bond acceptors (Lipinski definition) is 5. The molecule has 0 aliphatic heterocycles. The second kappa shape index (κ2) is 5.47. The summed E-state index contributed by atoms with van der Waals surface area (Å²) in [5.74, 6) is -1.32. The second-order valence-corrected chi connectivity index (χ2v) is 5.11. The average molecular weight is 291 g/mol. The number of hydrogen-bond donors (Lipinski definition) is 1. The van der Waals surface area contributed by atoms with Crippen LogP contribution in [0.15, 0.2) is 6.07 Å². The molecule has 1 amide bonds. The lowest BCUT2D eigenvalue weighted by Crippen LogP contribution is -2.41. The SMILES string of the molecule is Cc1cc(C)n2nc(C(=O)N(CC(=O)O)C(C)C)nc2n1. The van der Waals surface area contributed by atoms with E-state index >= 15 is 0 Å². The first-order valence-electron chi connectivity index (χ1n) is 6.53. The van der Waals surface area contributed by atoms with Gasteiger partial charge in [-0.1, -0.05) is 0 Å². The molecule has 8 nitrogen and oxygen atoms in total. The van der Waals surface area contributed by atoms with Gasteiger partial charge in [-0.05, 0) is 33.8 Å². The maximum atomic E-state index is 12.4. The van der Waals surface area contributed by atoms with Crippen molar-refractivity contribution in [1.29, 1.82) is 0 Å². The smallest absolute Gasteiger partial charge is 0.323 e. The Balaban J connectivity index is 2.42. The topological polar surface area (TPSA) is 101 Å². The Bertz CT molecular complexity index is 707. The Morgan fingerprint density at radius 2 is 2.00 bits per heavy atom. The van der Waals surface area contributed by atoms with E-state index in [1.807, 2.05) is 19.9 Å². The van der Waals surface area contributed by atoms with Gasteiger partial charge in [-0.3, -0.25) is 9.59 Å². The van der Waals surface area contributed by atoms with Gasteiger partial charge in [-0.15, -0.1) is 5.10 Å². The van der Waals surface area contributed by atoms with Gasteiger partial charge < -0.3 is 10.0 Å². The molecule has 0 atom stereocenters. The highest BCUT2D eigenvalue weighted by Gasteiger charge is 2.25. The minimum Gasteiger partial charge on any atom is -0.480 e. The molecule has 0 radical (unpaired) electrons. The van der Waals surface area contributed by atoms with Gasteiger partial charge in [0.25, 0.3) is 11.7 Å². The monoisotopic (exact) mass is 291 g/mol. The Hall–Kier alpha value is -2.51. The van der Waals surface area contributed by atoms with Gasteiger partial charge in [0.05, 0.1) is 0 Å². The van der Waals surface area contributed by atoms with E-state index in [0.717, 1.165) is 11.4 Å². The van der Waals surface area contributed by atoms with Crippen molar-refractivity contribution in [2.24, 2.45) is 0 Å². The fraction of sp³-hybridized carbons (Fsp3) is 0.462. The third kappa shape index (κ3) is 2.99. The van der Waals surface area contributed by atoms with Gasteiger partial charge in [0.1, 0.15) is 6.54 Å². The van der Waals surface area contributed by atoms with Crippen molar-refractivity contribution in [1.82, 2.24) is 24.5 Å². The zero-order chi connectivity index (χ0) is 15.7. The van der Waals surface area contributed by atoms with E-state index in [-0.39, 0.29) is 11.9 Å². The molecule has 0 unspecified atom stereocenters. The van der Waals surface area contributed by atoms with Crippen LogP contribution in [0.4, 0.5) is 0 Å². The van der Waals surface area contributed by atoms with E-state index in [1.165, 1.54) is 9.42 Å². The molecular weight excluding hydrogens is 274 g/mol. The first kappa shape index (κ1) is 14.9. The van der Waals surface area contributed by atoms with Crippen LogP contribution in [0.25, 0.3) is 5.78 Å². The second-order valence-electron chi connectivity index (χ2n) is 5.11. The zero-order valence-electron chi connectivity index (χ0n) is 12.4. The van der Waals surface area contributed by atoms with Crippen LogP contribution in [0.1, 0.15) is 35.9 Å². The summed E-state index contributed by atoms with van der Waals surface area (Å²) in [6, 6.07) is 1.56. The molecule has 8 heteroatoms. The molecule has 0 bridgehead atoms. The maximum Gasteiger partial charge on any atom is 0.323 e. The zero-order valence-corrected chi connectivity index (χ0v) is 12.4. The maximum absolute atomic E-state index is 12.4. The van der Waals surface area contributed by atoms with E-state index in [2.05, 4.69) is 15.1 Å². The van der Waals surface area contributed by atoms with Crippen LogP contribution in [-0.4, -0.2) is 54.1 Å². The number of aromatic nitrogens is 4. The molecule has 0 saturated carbocycles. The first-order valence-corrected chi connectivity index (χ1v) is 6.53. The van der Waals surface area contributed by atoms with Gasteiger partial charge in [0, 0.05) is 17.4 Å². The van der Waals surface area contributed by atoms with Gasteiger partial charge in [0.2, 0.25) is 5.82 Å². The molecule has 21 heavy (non-hydrogen) atoms. The number of carbonyl (C=O) groups is 2. The van der Waals surface area contributed by atoms with E-state index in [1.54, 1.807) is 13.8 Å². The predicted octanol–water partition coefficient (Wildman–Crippen LogP) is 0.676. The number of aryl methyl sites for hydroxylation is 2. The first-order chi connectivity index (χ1) is 9.79.